The Labute approximate surface area is 83.4 Å². The number of nitrogens with one attached hydrogen (secondary N) is 1. The van der Waals surface area contributed by atoms with Crippen molar-refractivity contribution in [3.05, 3.63) is 41.5 Å². The quantitative estimate of drug-likeness (QED) is 0.269. The maximum absolute atomic E-state index is 13.2. The molecule has 0 amide bonds. The van der Waals surface area contributed by atoms with Crippen LogP contribution in [0, 0.1) is 23.3 Å². The first-order valence-electron chi connectivity index (χ1n) is 3.96. The minimum absolute atomic E-state index is 0.309. The van der Waals surface area contributed by atoms with Gasteiger partial charge in [0.1, 0.15) is 5.69 Å². The molecule has 0 saturated heterocycles. The summed E-state index contributed by atoms with van der Waals surface area (Å²) in [6, 6.07) is 0. The molecule has 0 unspecified atom stereocenters. The lowest BCUT2D eigenvalue weighted by Crippen LogP contribution is -2.15. The lowest BCUT2D eigenvalue weighted by atomic mass is 10.1. The predicted molar refractivity (Wildman–Crippen MR) is 48.0 cm³/mol. The van der Waals surface area contributed by atoms with Crippen LogP contribution in [0.2, 0.25) is 0 Å². The number of nitrogens with two attached hydrogens (primary N) is 1. The van der Waals surface area contributed by atoms with Crippen LogP contribution in [-0.2, 0) is 6.42 Å². The average Bonchev–Trinajstić information content (AvgIpc) is 2.23. The van der Waals surface area contributed by atoms with Gasteiger partial charge in [-0.3, -0.25) is 5.84 Å². The summed E-state index contributed by atoms with van der Waals surface area (Å²) in [5, 5.41) is 0. The van der Waals surface area contributed by atoms with Crippen molar-refractivity contribution in [1.82, 2.24) is 0 Å². The van der Waals surface area contributed by atoms with E-state index in [1.807, 2.05) is 0 Å². The fraction of sp³-hybridized carbons (Fsp3) is 0.111. The number of hydrogen-bond donors (Lipinski definition) is 2. The number of benzene rings is 1. The molecule has 0 radical (unpaired) electrons. The fourth-order valence-corrected chi connectivity index (χ4v) is 1.13. The zero-order valence-corrected chi connectivity index (χ0v) is 7.58. The van der Waals surface area contributed by atoms with Crippen LogP contribution in [0.15, 0.2) is 12.7 Å². The lowest BCUT2D eigenvalue weighted by molar-refractivity contribution is 0.446. The zero-order chi connectivity index (χ0) is 11.6. The summed E-state index contributed by atoms with van der Waals surface area (Å²) in [7, 11) is 0. The van der Waals surface area contributed by atoms with Crippen LogP contribution >= 0.6 is 0 Å². The van der Waals surface area contributed by atoms with Gasteiger partial charge >= 0.3 is 0 Å². The minimum atomic E-state index is -1.55. The van der Waals surface area contributed by atoms with Crippen molar-refractivity contribution in [2.75, 3.05) is 5.43 Å². The van der Waals surface area contributed by atoms with Gasteiger partial charge in [0, 0.05) is 5.56 Å². The second-order valence-corrected chi connectivity index (χ2v) is 2.75. The van der Waals surface area contributed by atoms with Crippen LogP contribution in [0.5, 0.6) is 0 Å². The van der Waals surface area contributed by atoms with Gasteiger partial charge in [-0.1, -0.05) is 6.08 Å². The molecular weight excluding hydrogens is 212 g/mol. The summed E-state index contributed by atoms with van der Waals surface area (Å²) in [6.07, 6.45) is 0.826. The Hall–Kier alpha value is -1.56. The Kier molecular flexibility index (Phi) is 3.31. The Morgan fingerprint density at radius 2 is 1.53 bits per heavy atom. The van der Waals surface area contributed by atoms with Crippen LogP contribution in [0.4, 0.5) is 23.2 Å². The molecule has 0 bridgehead atoms. The first-order valence-corrected chi connectivity index (χ1v) is 3.96. The monoisotopic (exact) mass is 220 g/mol. The zero-order valence-electron chi connectivity index (χ0n) is 7.58. The number of anilines is 1. The number of allylic oxidation sites excluding steroid dienone is 1. The van der Waals surface area contributed by atoms with E-state index in [2.05, 4.69) is 6.58 Å². The molecule has 6 heteroatoms. The highest BCUT2D eigenvalue weighted by molar-refractivity contribution is 5.48. The van der Waals surface area contributed by atoms with Gasteiger partial charge < -0.3 is 5.43 Å². The molecule has 0 aromatic heterocycles. The summed E-state index contributed by atoms with van der Waals surface area (Å²) in [5.41, 5.74) is -0.180. The second-order valence-electron chi connectivity index (χ2n) is 2.75. The van der Waals surface area contributed by atoms with Gasteiger partial charge in [-0.25, -0.2) is 17.6 Å². The molecule has 0 heterocycles. The highest BCUT2D eigenvalue weighted by atomic mass is 19.2. The van der Waals surface area contributed by atoms with E-state index in [4.69, 9.17) is 5.84 Å². The van der Waals surface area contributed by atoms with Crippen molar-refractivity contribution in [2.45, 2.75) is 6.42 Å². The van der Waals surface area contributed by atoms with Crippen LogP contribution in [-0.4, -0.2) is 0 Å². The first kappa shape index (κ1) is 11.5. The predicted octanol–water partition coefficient (Wildman–Crippen LogP) is 2.26. The van der Waals surface area contributed by atoms with Crippen LogP contribution < -0.4 is 11.3 Å². The molecule has 2 nitrogen and oxygen atoms in total. The third-order valence-electron chi connectivity index (χ3n) is 1.85. The van der Waals surface area contributed by atoms with E-state index < -0.39 is 34.5 Å². The minimum Gasteiger partial charge on any atom is -0.319 e. The van der Waals surface area contributed by atoms with E-state index in [0.29, 0.717) is 0 Å². The summed E-state index contributed by atoms with van der Waals surface area (Å²) in [6.45, 7) is 3.22. The molecule has 15 heavy (non-hydrogen) atoms. The smallest absolute Gasteiger partial charge is 0.186 e. The van der Waals surface area contributed by atoms with Gasteiger partial charge in [0.05, 0.1) is 0 Å². The summed E-state index contributed by atoms with van der Waals surface area (Å²) in [4.78, 5) is 0. The van der Waals surface area contributed by atoms with E-state index in [1.165, 1.54) is 0 Å². The van der Waals surface area contributed by atoms with Gasteiger partial charge in [0.2, 0.25) is 0 Å². The molecule has 0 fully saturated rings. The standard InChI is InChI=1S/C9H8F4N2/c1-2-3-4-5(10)7(12)9(15-14)8(13)6(4)11/h2,15H,1,3,14H2. The number of hydrogen-bond acceptors (Lipinski definition) is 2. The molecule has 1 aromatic carbocycles. The Morgan fingerprint density at radius 1 is 1.07 bits per heavy atom. The fourth-order valence-electron chi connectivity index (χ4n) is 1.13. The van der Waals surface area contributed by atoms with Crippen molar-refractivity contribution < 1.29 is 17.6 Å². The van der Waals surface area contributed by atoms with E-state index in [9.17, 15) is 17.6 Å². The van der Waals surface area contributed by atoms with Crippen molar-refractivity contribution in [3.8, 4) is 0 Å². The van der Waals surface area contributed by atoms with Crippen LogP contribution in [0.3, 0.4) is 0 Å². The van der Waals surface area contributed by atoms with Gasteiger partial charge in [-0.2, -0.15) is 0 Å². The summed E-state index contributed by atoms with van der Waals surface area (Å²) in [5.74, 6) is -1.31. The van der Waals surface area contributed by atoms with Gasteiger partial charge in [0.15, 0.2) is 23.3 Å². The largest absolute Gasteiger partial charge is 0.319 e. The molecule has 0 aliphatic rings. The summed E-state index contributed by atoms with van der Waals surface area (Å²) < 4.78 is 52.4. The summed E-state index contributed by atoms with van der Waals surface area (Å²) >= 11 is 0. The van der Waals surface area contributed by atoms with Crippen LogP contribution in [0.1, 0.15) is 5.56 Å². The van der Waals surface area contributed by atoms with Crippen molar-refractivity contribution >= 4 is 5.69 Å². The molecule has 0 aliphatic carbocycles. The average molecular weight is 220 g/mol. The van der Waals surface area contributed by atoms with Crippen molar-refractivity contribution in [1.29, 1.82) is 0 Å². The second kappa shape index (κ2) is 4.31. The topological polar surface area (TPSA) is 38.0 Å². The lowest BCUT2D eigenvalue weighted by Gasteiger charge is -2.09. The van der Waals surface area contributed by atoms with E-state index >= 15 is 0 Å². The Bertz CT molecular complexity index is 375. The molecule has 0 atom stereocenters. The number of hydrazine groups is 1. The molecule has 1 aromatic rings. The van der Waals surface area contributed by atoms with Crippen molar-refractivity contribution in [2.24, 2.45) is 5.84 Å². The molecule has 0 spiro atoms. The van der Waals surface area contributed by atoms with E-state index in [1.54, 1.807) is 5.43 Å². The Morgan fingerprint density at radius 3 is 1.87 bits per heavy atom. The molecule has 3 N–H and O–H groups in total. The third-order valence-corrected chi connectivity index (χ3v) is 1.85. The Balaban J connectivity index is 3.50. The maximum Gasteiger partial charge on any atom is 0.186 e. The van der Waals surface area contributed by atoms with Gasteiger partial charge in [-0.05, 0) is 6.42 Å². The van der Waals surface area contributed by atoms with E-state index in [-0.39, 0.29) is 6.42 Å². The highest BCUT2D eigenvalue weighted by Gasteiger charge is 2.23. The normalized spacial score (nSPS) is 10.2. The third kappa shape index (κ3) is 1.80. The number of rotatable bonds is 3. The van der Waals surface area contributed by atoms with Gasteiger partial charge in [0.25, 0.3) is 0 Å². The number of halogens is 4. The first-order chi connectivity index (χ1) is 7.04. The number of nitrogen functional groups attached to an aromatic ring is 1. The van der Waals surface area contributed by atoms with Crippen molar-refractivity contribution in [3.63, 3.8) is 0 Å². The molecule has 0 saturated carbocycles. The SMILES string of the molecule is C=CCc1c(F)c(F)c(NN)c(F)c1F. The van der Waals surface area contributed by atoms with E-state index in [0.717, 1.165) is 6.08 Å². The van der Waals surface area contributed by atoms with Crippen LogP contribution in [0.25, 0.3) is 0 Å². The molecule has 82 valence electrons. The van der Waals surface area contributed by atoms with Gasteiger partial charge in [-0.15, -0.1) is 6.58 Å². The molecular formula is C9H8F4N2. The maximum atomic E-state index is 13.2. The highest BCUT2D eigenvalue weighted by Crippen LogP contribution is 2.27. The molecule has 1 rings (SSSR count). The molecule has 0 aliphatic heterocycles.